The predicted octanol–water partition coefficient (Wildman–Crippen LogP) is 0.740. The maximum absolute atomic E-state index is 12.4. The third-order valence-electron chi connectivity index (χ3n) is 3.59. The summed E-state index contributed by atoms with van der Waals surface area (Å²) in [6.45, 7) is 1.70. The summed E-state index contributed by atoms with van der Waals surface area (Å²) in [5.74, 6) is -0.122. The van der Waals surface area contributed by atoms with E-state index in [0.29, 0.717) is 17.8 Å². The van der Waals surface area contributed by atoms with Crippen molar-refractivity contribution in [2.75, 3.05) is 11.1 Å². The number of carbonyl (C=O) groups excluding carboxylic acids is 1. The summed E-state index contributed by atoms with van der Waals surface area (Å²) in [7, 11) is -3.44. The Morgan fingerprint density at radius 3 is 2.62 bits per heavy atom. The molecule has 1 amide bonds. The number of nitrogens with zero attached hydrogens (tertiary/aromatic N) is 1. The van der Waals surface area contributed by atoms with Gasteiger partial charge in [-0.2, -0.15) is 4.37 Å². The molecule has 1 aromatic rings. The SMILES string of the molecule is CC(Nc1snc(N)c1S(=O)(=O)C1CC1)C(=O)NC1CC1. The van der Waals surface area contributed by atoms with Crippen LogP contribution in [0.25, 0.3) is 0 Å². The lowest BCUT2D eigenvalue weighted by molar-refractivity contribution is -0.121. The Morgan fingerprint density at radius 1 is 1.38 bits per heavy atom. The van der Waals surface area contributed by atoms with E-state index in [9.17, 15) is 13.2 Å². The molecule has 7 nitrogen and oxygen atoms in total. The molecule has 116 valence electrons. The largest absolute Gasteiger partial charge is 0.382 e. The summed E-state index contributed by atoms with van der Waals surface area (Å²) in [4.78, 5) is 12.0. The van der Waals surface area contributed by atoms with Crippen molar-refractivity contribution < 1.29 is 13.2 Å². The highest BCUT2D eigenvalue weighted by molar-refractivity contribution is 7.92. The number of nitrogens with one attached hydrogen (secondary N) is 2. The van der Waals surface area contributed by atoms with Crippen molar-refractivity contribution in [1.29, 1.82) is 0 Å². The van der Waals surface area contributed by atoms with Crippen molar-refractivity contribution in [3.63, 3.8) is 0 Å². The Bertz CT molecular complexity index is 662. The molecule has 3 rings (SSSR count). The minimum absolute atomic E-state index is 0.0178. The van der Waals surface area contributed by atoms with Crippen molar-refractivity contribution in [2.45, 2.75) is 54.8 Å². The minimum atomic E-state index is -3.44. The highest BCUT2D eigenvalue weighted by Crippen LogP contribution is 2.41. The standard InChI is InChI=1S/C12H18N4O3S2/c1-6(11(17)15-7-2-3-7)14-12-9(10(13)16-20-12)21(18,19)8-4-5-8/h6-8,14H,2-5H2,1H3,(H2,13,16)(H,15,17). The maximum Gasteiger partial charge on any atom is 0.242 e. The summed E-state index contributed by atoms with van der Waals surface area (Å²) >= 11 is 0.983. The fraction of sp³-hybridized carbons (Fsp3) is 0.667. The van der Waals surface area contributed by atoms with Crippen molar-refractivity contribution in [3.8, 4) is 0 Å². The number of sulfone groups is 1. The van der Waals surface area contributed by atoms with E-state index < -0.39 is 15.9 Å². The van der Waals surface area contributed by atoms with Crippen LogP contribution in [-0.4, -0.2) is 36.0 Å². The first-order chi connectivity index (χ1) is 9.89. The molecule has 0 radical (unpaired) electrons. The number of nitrogens with two attached hydrogens (primary N) is 1. The lowest BCUT2D eigenvalue weighted by atomic mass is 10.3. The molecule has 1 atom stereocenters. The molecule has 0 bridgehead atoms. The van der Waals surface area contributed by atoms with Gasteiger partial charge in [0.2, 0.25) is 5.91 Å². The Balaban J connectivity index is 1.77. The van der Waals surface area contributed by atoms with Gasteiger partial charge in [0, 0.05) is 6.04 Å². The van der Waals surface area contributed by atoms with E-state index in [-0.39, 0.29) is 27.9 Å². The zero-order valence-electron chi connectivity index (χ0n) is 11.6. The molecule has 0 saturated heterocycles. The van der Waals surface area contributed by atoms with Crippen LogP contribution >= 0.6 is 11.5 Å². The lowest BCUT2D eigenvalue weighted by Crippen LogP contribution is -2.38. The first-order valence-electron chi connectivity index (χ1n) is 6.95. The molecule has 1 unspecified atom stereocenters. The molecular formula is C12H18N4O3S2. The average molecular weight is 330 g/mol. The molecule has 4 N–H and O–H groups in total. The lowest BCUT2D eigenvalue weighted by Gasteiger charge is -2.14. The first kappa shape index (κ1) is 14.6. The minimum Gasteiger partial charge on any atom is -0.382 e. The predicted molar refractivity (Wildman–Crippen MR) is 81.0 cm³/mol. The van der Waals surface area contributed by atoms with Gasteiger partial charge in [-0.05, 0) is 44.1 Å². The number of amides is 1. The van der Waals surface area contributed by atoms with Crippen LogP contribution in [0.4, 0.5) is 10.8 Å². The second kappa shape index (κ2) is 5.13. The summed E-state index contributed by atoms with van der Waals surface area (Å²) < 4.78 is 28.7. The molecule has 2 saturated carbocycles. The molecule has 1 heterocycles. The summed E-state index contributed by atoms with van der Waals surface area (Å²) in [6.07, 6.45) is 3.34. The molecule has 0 aliphatic heterocycles. The van der Waals surface area contributed by atoms with E-state index in [1.807, 2.05) is 0 Å². The second-order valence-electron chi connectivity index (χ2n) is 5.62. The van der Waals surface area contributed by atoms with Gasteiger partial charge in [0.15, 0.2) is 15.7 Å². The zero-order valence-corrected chi connectivity index (χ0v) is 13.3. The van der Waals surface area contributed by atoms with Gasteiger partial charge in [0.05, 0.1) is 5.25 Å². The number of rotatable bonds is 6. The number of anilines is 2. The molecule has 2 aliphatic carbocycles. The van der Waals surface area contributed by atoms with Crippen LogP contribution in [0.3, 0.4) is 0 Å². The smallest absolute Gasteiger partial charge is 0.242 e. The van der Waals surface area contributed by atoms with Crippen LogP contribution in [0, 0.1) is 0 Å². The topological polar surface area (TPSA) is 114 Å². The number of nitrogen functional groups attached to an aromatic ring is 1. The zero-order chi connectivity index (χ0) is 15.2. The fourth-order valence-electron chi connectivity index (χ4n) is 2.02. The normalized spacial score (nSPS) is 20.0. The van der Waals surface area contributed by atoms with Gasteiger partial charge < -0.3 is 16.4 Å². The molecule has 2 fully saturated rings. The van der Waals surface area contributed by atoms with Gasteiger partial charge in [-0.3, -0.25) is 4.79 Å². The first-order valence-corrected chi connectivity index (χ1v) is 9.27. The third-order valence-corrected chi connectivity index (χ3v) is 6.84. The number of hydrogen-bond donors (Lipinski definition) is 3. The molecule has 2 aliphatic rings. The van der Waals surface area contributed by atoms with Crippen LogP contribution in [0.15, 0.2) is 4.90 Å². The molecule has 0 spiro atoms. The molecule has 9 heteroatoms. The Labute approximate surface area is 127 Å². The quantitative estimate of drug-likeness (QED) is 0.709. The van der Waals surface area contributed by atoms with Gasteiger partial charge in [0.25, 0.3) is 0 Å². The van der Waals surface area contributed by atoms with Crippen molar-refractivity contribution in [3.05, 3.63) is 0 Å². The van der Waals surface area contributed by atoms with Gasteiger partial charge in [0.1, 0.15) is 15.9 Å². The van der Waals surface area contributed by atoms with E-state index in [1.54, 1.807) is 6.92 Å². The van der Waals surface area contributed by atoms with Crippen molar-refractivity contribution in [2.24, 2.45) is 0 Å². The second-order valence-corrected chi connectivity index (χ2v) is 8.56. The van der Waals surface area contributed by atoms with Gasteiger partial charge in [-0.25, -0.2) is 8.42 Å². The van der Waals surface area contributed by atoms with Crippen molar-refractivity contribution >= 4 is 38.1 Å². The van der Waals surface area contributed by atoms with Gasteiger partial charge in [-0.1, -0.05) is 0 Å². The molecule has 0 aromatic carbocycles. The van der Waals surface area contributed by atoms with Gasteiger partial charge in [-0.15, -0.1) is 0 Å². The van der Waals surface area contributed by atoms with Crippen LogP contribution in [0.1, 0.15) is 32.6 Å². The van der Waals surface area contributed by atoms with E-state index in [4.69, 9.17) is 5.73 Å². The van der Waals surface area contributed by atoms with E-state index in [1.165, 1.54) is 0 Å². The Kier molecular flexibility index (Phi) is 3.56. The Hall–Kier alpha value is -1.35. The van der Waals surface area contributed by atoms with Crippen LogP contribution in [0.5, 0.6) is 0 Å². The van der Waals surface area contributed by atoms with Crippen LogP contribution in [0.2, 0.25) is 0 Å². The third kappa shape index (κ3) is 2.98. The summed E-state index contributed by atoms with van der Waals surface area (Å²) in [5.41, 5.74) is 5.72. The summed E-state index contributed by atoms with van der Waals surface area (Å²) in [6, 6.07) is -0.262. The number of hydrogen-bond acceptors (Lipinski definition) is 7. The van der Waals surface area contributed by atoms with Crippen LogP contribution < -0.4 is 16.4 Å². The molecule has 21 heavy (non-hydrogen) atoms. The molecular weight excluding hydrogens is 312 g/mol. The van der Waals surface area contributed by atoms with Crippen LogP contribution in [-0.2, 0) is 14.6 Å². The molecule has 1 aromatic heterocycles. The average Bonchev–Trinajstić information content (AvgIpc) is 3.29. The van der Waals surface area contributed by atoms with E-state index in [2.05, 4.69) is 15.0 Å². The van der Waals surface area contributed by atoms with Gasteiger partial charge >= 0.3 is 0 Å². The maximum atomic E-state index is 12.4. The summed E-state index contributed by atoms with van der Waals surface area (Å²) in [5, 5.41) is 5.82. The number of aromatic nitrogens is 1. The fourth-order valence-corrected chi connectivity index (χ4v) is 4.98. The highest BCUT2D eigenvalue weighted by Gasteiger charge is 2.41. The monoisotopic (exact) mass is 330 g/mol. The highest BCUT2D eigenvalue weighted by atomic mass is 32.2. The Morgan fingerprint density at radius 2 is 2.05 bits per heavy atom. The number of carbonyl (C=O) groups is 1. The van der Waals surface area contributed by atoms with E-state index in [0.717, 1.165) is 24.4 Å². The van der Waals surface area contributed by atoms with Crippen molar-refractivity contribution in [1.82, 2.24) is 9.69 Å². The van der Waals surface area contributed by atoms with E-state index >= 15 is 0 Å².